The average molecular weight is 380 g/mol. The molecule has 0 aliphatic carbocycles. The first-order valence-corrected chi connectivity index (χ1v) is 8.97. The highest BCUT2D eigenvalue weighted by Crippen LogP contribution is 2.35. The summed E-state index contributed by atoms with van der Waals surface area (Å²) in [6, 6.07) is 15.5. The number of nitrogens with zero attached hydrogens (tertiary/aromatic N) is 3. The van der Waals surface area contributed by atoms with Crippen LogP contribution in [0.15, 0.2) is 72.1 Å². The Balaban J connectivity index is 1.91. The molecule has 1 atom stereocenters. The van der Waals surface area contributed by atoms with E-state index in [1.807, 2.05) is 30.3 Å². The van der Waals surface area contributed by atoms with Gasteiger partial charge in [0, 0.05) is 18.5 Å². The molecule has 0 radical (unpaired) electrons. The summed E-state index contributed by atoms with van der Waals surface area (Å²) >= 11 is 1.18. The molecule has 3 rings (SSSR count). The van der Waals surface area contributed by atoms with Gasteiger partial charge in [0.15, 0.2) is 5.16 Å². The summed E-state index contributed by atoms with van der Waals surface area (Å²) in [4.78, 5) is 32.1. The molecule has 0 fully saturated rings. The molecule has 0 spiro atoms. The Kier molecular flexibility index (Phi) is 5.77. The van der Waals surface area contributed by atoms with E-state index in [4.69, 9.17) is 0 Å². The van der Waals surface area contributed by atoms with Crippen molar-refractivity contribution >= 4 is 29.0 Å². The molecule has 1 aromatic heterocycles. The number of nitrogens with one attached hydrogen (secondary N) is 1. The van der Waals surface area contributed by atoms with E-state index in [2.05, 4.69) is 15.3 Å². The van der Waals surface area contributed by atoms with Crippen molar-refractivity contribution in [3.05, 3.63) is 88.2 Å². The second-order valence-electron chi connectivity index (χ2n) is 5.71. The van der Waals surface area contributed by atoms with E-state index >= 15 is 0 Å². The number of amides is 1. The molecule has 8 heteroatoms. The highest BCUT2D eigenvalue weighted by atomic mass is 32.2. The van der Waals surface area contributed by atoms with Crippen LogP contribution in [0.2, 0.25) is 0 Å². The van der Waals surface area contributed by atoms with Gasteiger partial charge >= 0.3 is 0 Å². The van der Waals surface area contributed by atoms with Crippen molar-refractivity contribution in [1.82, 2.24) is 9.97 Å². The molecule has 0 saturated carbocycles. The minimum absolute atomic E-state index is 0.142. The fourth-order valence-corrected chi connectivity index (χ4v) is 3.36. The molecular formula is C19H16N4O3S. The predicted molar refractivity (Wildman–Crippen MR) is 104 cm³/mol. The molecule has 1 amide bonds. The molecule has 0 unspecified atom stereocenters. The SMILES string of the molecule is Cc1ccc(NC(=O)[C@H](Sc2ncccn2)c2ccccc2)c([N+](=O)[O-])c1. The average Bonchev–Trinajstić information content (AvgIpc) is 2.68. The quantitative estimate of drug-likeness (QED) is 0.298. The largest absolute Gasteiger partial charge is 0.319 e. The number of aryl methyl sites for hydroxylation is 1. The Morgan fingerprint density at radius 2 is 1.81 bits per heavy atom. The van der Waals surface area contributed by atoms with Crippen molar-refractivity contribution < 1.29 is 9.72 Å². The van der Waals surface area contributed by atoms with Crippen LogP contribution >= 0.6 is 11.8 Å². The van der Waals surface area contributed by atoms with E-state index in [0.29, 0.717) is 5.16 Å². The number of hydrogen-bond acceptors (Lipinski definition) is 6. The summed E-state index contributed by atoms with van der Waals surface area (Å²) in [7, 11) is 0. The number of aromatic nitrogens is 2. The van der Waals surface area contributed by atoms with E-state index in [1.54, 1.807) is 31.5 Å². The second kappa shape index (κ2) is 8.41. The summed E-state index contributed by atoms with van der Waals surface area (Å²) in [6.45, 7) is 1.76. The molecule has 0 aliphatic heterocycles. The fraction of sp³-hybridized carbons (Fsp3) is 0.105. The zero-order valence-electron chi connectivity index (χ0n) is 14.4. The maximum absolute atomic E-state index is 13.0. The van der Waals surface area contributed by atoms with Crippen molar-refractivity contribution in [1.29, 1.82) is 0 Å². The molecule has 136 valence electrons. The molecule has 7 nitrogen and oxygen atoms in total. The molecule has 0 saturated heterocycles. The molecule has 0 bridgehead atoms. The maximum Gasteiger partial charge on any atom is 0.293 e. The van der Waals surface area contributed by atoms with Gasteiger partial charge in [-0.1, -0.05) is 48.2 Å². The summed E-state index contributed by atoms with van der Waals surface area (Å²) < 4.78 is 0. The van der Waals surface area contributed by atoms with Gasteiger partial charge in [0.25, 0.3) is 5.69 Å². The van der Waals surface area contributed by atoms with Crippen molar-refractivity contribution in [2.24, 2.45) is 0 Å². The van der Waals surface area contributed by atoms with Gasteiger partial charge in [0.05, 0.1) is 4.92 Å². The number of hydrogen-bond donors (Lipinski definition) is 1. The normalized spacial score (nSPS) is 11.6. The van der Waals surface area contributed by atoms with Crippen molar-refractivity contribution in [2.75, 3.05) is 5.32 Å². The summed E-state index contributed by atoms with van der Waals surface area (Å²) in [6.07, 6.45) is 3.19. The molecule has 1 heterocycles. The lowest BCUT2D eigenvalue weighted by Crippen LogP contribution is -2.20. The first kappa shape index (κ1) is 18.5. The summed E-state index contributed by atoms with van der Waals surface area (Å²) in [5, 5.41) is 13.8. The Morgan fingerprint density at radius 3 is 2.48 bits per heavy atom. The van der Waals surface area contributed by atoms with Gasteiger partial charge in [-0.05, 0) is 30.2 Å². The minimum Gasteiger partial charge on any atom is -0.319 e. The fourth-order valence-electron chi connectivity index (χ4n) is 2.45. The zero-order chi connectivity index (χ0) is 19.2. The Bertz CT molecular complexity index is 952. The van der Waals surface area contributed by atoms with Crippen LogP contribution in [0, 0.1) is 17.0 Å². The predicted octanol–water partition coefficient (Wildman–Crippen LogP) is 4.17. The molecular weight excluding hydrogens is 364 g/mol. The smallest absolute Gasteiger partial charge is 0.293 e. The maximum atomic E-state index is 13.0. The van der Waals surface area contributed by atoms with Gasteiger partial charge < -0.3 is 5.32 Å². The highest BCUT2D eigenvalue weighted by molar-refractivity contribution is 8.00. The third-order valence-electron chi connectivity index (χ3n) is 3.71. The van der Waals surface area contributed by atoms with E-state index in [9.17, 15) is 14.9 Å². The first-order valence-electron chi connectivity index (χ1n) is 8.09. The van der Waals surface area contributed by atoms with E-state index in [1.165, 1.54) is 23.9 Å². The lowest BCUT2D eigenvalue weighted by atomic mass is 10.1. The number of benzene rings is 2. The molecule has 27 heavy (non-hydrogen) atoms. The van der Waals surface area contributed by atoms with Gasteiger partial charge in [-0.25, -0.2) is 9.97 Å². The van der Waals surface area contributed by atoms with Crippen molar-refractivity contribution in [2.45, 2.75) is 17.3 Å². The van der Waals surface area contributed by atoms with Crippen LogP contribution in [0.3, 0.4) is 0 Å². The van der Waals surface area contributed by atoms with Gasteiger partial charge in [0.1, 0.15) is 10.9 Å². The van der Waals surface area contributed by atoms with Crippen LogP contribution < -0.4 is 5.32 Å². The Morgan fingerprint density at radius 1 is 1.11 bits per heavy atom. The van der Waals surface area contributed by atoms with Gasteiger partial charge in [-0.15, -0.1) is 0 Å². The minimum atomic E-state index is -0.658. The van der Waals surface area contributed by atoms with Crippen molar-refractivity contribution in [3.8, 4) is 0 Å². The van der Waals surface area contributed by atoms with Crippen LogP contribution in [0.5, 0.6) is 0 Å². The van der Waals surface area contributed by atoms with E-state index < -0.39 is 10.2 Å². The standard InChI is InChI=1S/C19H16N4O3S/c1-13-8-9-15(16(12-13)23(25)26)22-18(24)17(14-6-3-2-4-7-14)27-19-20-10-5-11-21-19/h2-12,17H,1H3,(H,22,24)/t17-/m1/s1. The lowest BCUT2D eigenvalue weighted by molar-refractivity contribution is -0.384. The topological polar surface area (TPSA) is 98.0 Å². The Labute approximate surface area is 160 Å². The number of nitro benzene ring substituents is 1. The Hall–Kier alpha value is -3.26. The number of thioether (sulfide) groups is 1. The molecule has 3 aromatic rings. The van der Waals surface area contributed by atoms with Gasteiger partial charge in [0.2, 0.25) is 5.91 Å². The van der Waals surface area contributed by atoms with Crippen LogP contribution in [0.25, 0.3) is 0 Å². The second-order valence-corrected chi connectivity index (χ2v) is 6.78. The van der Waals surface area contributed by atoms with Crippen molar-refractivity contribution in [3.63, 3.8) is 0 Å². The van der Waals surface area contributed by atoms with Gasteiger partial charge in [-0.3, -0.25) is 14.9 Å². The summed E-state index contributed by atoms with van der Waals surface area (Å²) in [5.74, 6) is -0.384. The molecule has 1 N–H and O–H groups in total. The number of nitro groups is 1. The number of anilines is 1. The number of carbonyl (C=O) groups is 1. The van der Waals surface area contributed by atoms with Crippen LogP contribution in [-0.4, -0.2) is 20.8 Å². The zero-order valence-corrected chi connectivity index (χ0v) is 15.2. The number of rotatable bonds is 6. The third kappa shape index (κ3) is 4.68. The van der Waals surface area contributed by atoms with Gasteiger partial charge in [-0.2, -0.15) is 0 Å². The van der Waals surface area contributed by atoms with E-state index in [-0.39, 0.29) is 17.3 Å². The van der Waals surface area contributed by atoms with E-state index in [0.717, 1.165) is 11.1 Å². The first-order chi connectivity index (χ1) is 13.0. The van der Waals surface area contributed by atoms with Crippen LogP contribution in [0.4, 0.5) is 11.4 Å². The lowest BCUT2D eigenvalue weighted by Gasteiger charge is -2.16. The third-order valence-corrected chi connectivity index (χ3v) is 4.86. The summed E-state index contributed by atoms with van der Waals surface area (Å²) in [5.41, 5.74) is 1.51. The van der Waals surface area contributed by atoms with Crippen LogP contribution in [0.1, 0.15) is 16.4 Å². The monoisotopic (exact) mass is 380 g/mol. The molecule has 2 aromatic carbocycles. The molecule has 0 aliphatic rings. The number of carbonyl (C=O) groups excluding carboxylic acids is 1. The van der Waals surface area contributed by atoms with Crippen LogP contribution in [-0.2, 0) is 4.79 Å². The highest BCUT2D eigenvalue weighted by Gasteiger charge is 2.25.